The number of rotatable bonds is 2. The van der Waals surface area contributed by atoms with Crippen LogP contribution >= 0.6 is 0 Å². The van der Waals surface area contributed by atoms with Crippen LogP contribution in [0.2, 0.25) is 0 Å². The van der Waals surface area contributed by atoms with E-state index in [-0.39, 0.29) is 17.9 Å². The standard InChI is InChI=1S/C18H24N2O2/c1-14(21)20-11-5-8-17(20)18(22)19-12-9-16(10-13-19)15-6-3-2-4-7-15/h2-4,6-7,16-17H,5,8-13H2,1H3. The fourth-order valence-corrected chi connectivity index (χ4v) is 3.77. The number of carbonyl (C=O) groups is 2. The largest absolute Gasteiger partial charge is 0.341 e. The van der Waals surface area contributed by atoms with Crippen LogP contribution in [0.15, 0.2) is 30.3 Å². The highest BCUT2D eigenvalue weighted by atomic mass is 16.2. The van der Waals surface area contributed by atoms with Crippen LogP contribution in [-0.4, -0.2) is 47.3 Å². The average Bonchev–Trinajstić information content (AvgIpc) is 3.05. The van der Waals surface area contributed by atoms with Gasteiger partial charge in [0.2, 0.25) is 11.8 Å². The lowest BCUT2D eigenvalue weighted by molar-refractivity contribution is -0.143. The van der Waals surface area contributed by atoms with Gasteiger partial charge in [-0.1, -0.05) is 30.3 Å². The third-order valence-electron chi connectivity index (χ3n) is 5.02. The van der Waals surface area contributed by atoms with E-state index in [0.29, 0.717) is 5.92 Å². The van der Waals surface area contributed by atoms with Gasteiger partial charge < -0.3 is 9.80 Å². The van der Waals surface area contributed by atoms with E-state index in [1.54, 1.807) is 11.8 Å². The molecule has 1 atom stereocenters. The molecular formula is C18H24N2O2. The fraction of sp³-hybridized carbons (Fsp3) is 0.556. The molecule has 4 heteroatoms. The van der Waals surface area contributed by atoms with Crippen LogP contribution in [0, 0.1) is 0 Å². The fourth-order valence-electron chi connectivity index (χ4n) is 3.77. The van der Waals surface area contributed by atoms with Gasteiger partial charge in [-0.15, -0.1) is 0 Å². The molecule has 1 aromatic carbocycles. The number of hydrogen-bond donors (Lipinski definition) is 0. The zero-order chi connectivity index (χ0) is 15.5. The molecule has 22 heavy (non-hydrogen) atoms. The summed E-state index contributed by atoms with van der Waals surface area (Å²) in [4.78, 5) is 28.0. The number of amides is 2. The Balaban J connectivity index is 1.59. The molecule has 1 aromatic rings. The highest BCUT2D eigenvalue weighted by molar-refractivity contribution is 5.87. The average molecular weight is 300 g/mol. The summed E-state index contributed by atoms with van der Waals surface area (Å²) >= 11 is 0. The van der Waals surface area contributed by atoms with E-state index in [2.05, 4.69) is 24.3 Å². The number of likely N-dealkylation sites (tertiary alicyclic amines) is 2. The second-order valence-corrected chi connectivity index (χ2v) is 6.38. The molecule has 0 aliphatic carbocycles. The molecule has 0 N–H and O–H groups in total. The van der Waals surface area contributed by atoms with E-state index in [0.717, 1.165) is 45.3 Å². The maximum absolute atomic E-state index is 12.7. The van der Waals surface area contributed by atoms with E-state index >= 15 is 0 Å². The first-order chi connectivity index (χ1) is 10.7. The van der Waals surface area contributed by atoms with Crippen LogP contribution in [0.4, 0.5) is 0 Å². The van der Waals surface area contributed by atoms with Crippen molar-refractivity contribution in [1.29, 1.82) is 0 Å². The molecular weight excluding hydrogens is 276 g/mol. The predicted molar refractivity (Wildman–Crippen MR) is 85.4 cm³/mol. The molecule has 2 heterocycles. The monoisotopic (exact) mass is 300 g/mol. The Labute approximate surface area is 132 Å². The molecule has 4 nitrogen and oxygen atoms in total. The first kappa shape index (κ1) is 15.1. The molecule has 1 unspecified atom stereocenters. The predicted octanol–water partition coefficient (Wildman–Crippen LogP) is 2.40. The van der Waals surface area contributed by atoms with Gasteiger partial charge in [0.05, 0.1) is 0 Å². The van der Waals surface area contributed by atoms with Crippen molar-refractivity contribution in [3.63, 3.8) is 0 Å². The first-order valence-electron chi connectivity index (χ1n) is 8.28. The zero-order valence-corrected chi connectivity index (χ0v) is 13.2. The molecule has 118 valence electrons. The highest BCUT2D eigenvalue weighted by Gasteiger charge is 2.36. The van der Waals surface area contributed by atoms with Crippen LogP contribution in [0.1, 0.15) is 44.1 Å². The van der Waals surface area contributed by atoms with Crippen molar-refractivity contribution in [3.8, 4) is 0 Å². The molecule has 0 spiro atoms. The first-order valence-corrected chi connectivity index (χ1v) is 8.28. The summed E-state index contributed by atoms with van der Waals surface area (Å²) in [6, 6.07) is 10.3. The van der Waals surface area contributed by atoms with Crippen molar-refractivity contribution in [2.24, 2.45) is 0 Å². The normalized spacial score (nSPS) is 22.9. The van der Waals surface area contributed by atoms with Gasteiger partial charge in [0, 0.05) is 26.6 Å². The Bertz CT molecular complexity index is 535. The second kappa shape index (κ2) is 6.51. The van der Waals surface area contributed by atoms with Gasteiger partial charge in [-0.05, 0) is 37.2 Å². The van der Waals surface area contributed by atoms with Gasteiger partial charge in [-0.2, -0.15) is 0 Å². The summed E-state index contributed by atoms with van der Waals surface area (Å²) in [5.74, 6) is 0.729. The molecule has 2 aliphatic heterocycles. The van der Waals surface area contributed by atoms with Crippen LogP contribution in [0.3, 0.4) is 0 Å². The summed E-state index contributed by atoms with van der Waals surface area (Å²) in [7, 11) is 0. The molecule has 2 saturated heterocycles. The van der Waals surface area contributed by atoms with Crippen molar-refractivity contribution in [3.05, 3.63) is 35.9 Å². The minimum absolute atomic E-state index is 0.0232. The Morgan fingerprint density at radius 1 is 1.00 bits per heavy atom. The van der Waals surface area contributed by atoms with Crippen molar-refractivity contribution in [2.45, 2.75) is 44.6 Å². The third kappa shape index (κ3) is 3.01. The number of piperidine rings is 1. The molecule has 2 aliphatic rings. The zero-order valence-electron chi connectivity index (χ0n) is 13.2. The highest BCUT2D eigenvalue weighted by Crippen LogP contribution is 2.29. The van der Waals surface area contributed by atoms with Crippen molar-refractivity contribution in [2.75, 3.05) is 19.6 Å². The second-order valence-electron chi connectivity index (χ2n) is 6.38. The Hall–Kier alpha value is -1.84. The van der Waals surface area contributed by atoms with Gasteiger partial charge >= 0.3 is 0 Å². The van der Waals surface area contributed by atoms with E-state index < -0.39 is 0 Å². The maximum atomic E-state index is 12.7. The van der Waals surface area contributed by atoms with E-state index in [9.17, 15) is 9.59 Å². The number of benzene rings is 1. The minimum atomic E-state index is -0.217. The lowest BCUT2D eigenvalue weighted by Crippen LogP contribution is -2.49. The smallest absolute Gasteiger partial charge is 0.245 e. The van der Waals surface area contributed by atoms with Gasteiger partial charge in [0.25, 0.3) is 0 Å². The van der Waals surface area contributed by atoms with Gasteiger partial charge in [-0.3, -0.25) is 9.59 Å². The molecule has 0 bridgehead atoms. The van der Waals surface area contributed by atoms with Gasteiger partial charge in [-0.25, -0.2) is 0 Å². The lowest BCUT2D eigenvalue weighted by Gasteiger charge is -2.35. The quantitative estimate of drug-likeness (QED) is 0.841. The van der Waals surface area contributed by atoms with Gasteiger partial charge in [0.1, 0.15) is 6.04 Å². The van der Waals surface area contributed by atoms with Crippen molar-refractivity contribution in [1.82, 2.24) is 9.80 Å². The number of carbonyl (C=O) groups excluding carboxylic acids is 2. The van der Waals surface area contributed by atoms with E-state index in [1.165, 1.54) is 5.56 Å². The summed E-state index contributed by atoms with van der Waals surface area (Å²) in [5, 5.41) is 0. The summed E-state index contributed by atoms with van der Waals surface area (Å²) < 4.78 is 0. The topological polar surface area (TPSA) is 40.6 Å². The maximum Gasteiger partial charge on any atom is 0.245 e. The van der Waals surface area contributed by atoms with Crippen LogP contribution in [0.5, 0.6) is 0 Å². The van der Waals surface area contributed by atoms with Crippen molar-refractivity contribution < 1.29 is 9.59 Å². The Morgan fingerprint density at radius 2 is 1.68 bits per heavy atom. The number of hydrogen-bond acceptors (Lipinski definition) is 2. The molecule has 0 aromatic heterocycles. The molecule has 2 fully saturated rings. The van der Waals surface area contributed by atoms with Crippen LogP contribution < -0.4 is 0 Å². The Morgan fingerprint density at radius 3 is 2.32 bits per heavy atom. The SMILES string of the molecule is CC(=O)N1CCCC1C(=O)N1CCC(c2ccccc2)CC1. The molecule has 2 amide bonds. The molecule has 0 saturated carbocycles. The van der Waals surface area contributed by atoms with Crippen LogP contribution in [0.25, 0.3) is 0 Å². The summed E-state index contributed by atoms with van der Waals surface area (Å²) in [6.07, 6.45) is 3.79. The van der Waals surface area contributed by atoms with Gasteiger partial charge in [0.15, 0.2) is 0 Å². The lowest BCUT2D eigenvalue weighted by atomic mass is 9.89. The Kier molecular flexibility index (Phi) is 4.46. The minimum Gasteiger partial charge on any atom is -0.341 e. The summed E-state index contributed by atoms with van der Waals surface area (Å²) in [6.45, 7) is 3.90. The van der Waals surface area contributed by atoms with Crippen LogP contribution in [-0.2, 0) is 9.59 Å². The molecule has 0 radical (unpaired) electrons. The molecule has 3 rings (SSSR count). The van der Waals surface area contributed by atoms with Crippen molar-refractivity contribution >= 4 is 11.8 Å². The summed E-state index contributed by atoms with van der Waals surface area (Å²) in [5.41, 5.74) is 1.38. The van der Waals surface area contributed by atoms with E-state index in [4.69, 9.17) is 0 Å². The third-order valence-corrected chi connectivity index (χ3v) is 5.02. The van der Waals surface area contributed by atoms with E-state index in [1.807, 2.05) is 11.0 Å². The number of nitrogens with zero attached hydrogens (tertiary/aromatic N) is 2.